The first-order valence-corrected chi connectivity index (χ1v) is 9.82. The molecule has 1 heterocycles. The number of hydrogen-bond acceptors (Lipinski definition) is 6. The maximum absolute atomic E-state index is 12.4. The molecule has 28 heavy (non-hydrogen) atoms. The van der Waals surface area contributed by atoms with Crippen LogP contribution in [0.2, 0.25) is 0 Å². The molecule has 0 aliphatic heterocycles. The highest BCUT2D eigenvalue weighted by Crippen LogP contribution is 2.28. The summed E-state index contributed by atoms with van der Waals surface area (Å²) >= 11 is 1.26. The van der Waals surface area contributed by atoms with Crippen LogP contribution in [0.5, 0.6) is 0 Å². The highest BCUT2D eigenvalue weighted by atomic mass is 32.2. The summed E-state index contributed by atoms with van der Waals surface area (Å²) in [7, 11) is 0. The van der Waals surface area contributed by atoms with Gasteiger partial charge in [-0.05, 0) is 31.2 Å². The molecule has 7 heteroatoms. The van der Waals surface area contributed by atoms with Gasteiger partial charge in [0, 0.05) is 10.3 Å². The molecule has 150 valence electrons. The largest absolute Gasteiger partial charge is 0.467 e. The van der Waals surface area contributed by atoms with Crippen molar-refractivity contribution < 1.29 is 23.5 Å². The molecule has 0 saturated heterocycles. The molecule has 0 fully saturated rings. The summed E-state index contributed by atoms with van der Waals surface area (Å²) in [6.07, 6.45) is 1.55. The summed E-state index contributed by atoms with van der Waals surface area (Å²) < 4.78 is 10.4. The Balaban J connectivity index is 1.97. The number of nitrogens with one attached hydrogen (secondary N) is 1. The first kappa shape index (κ1) is 21.8. The molecule has 6 nitrogen and oxygen atoms in total. The van der Waals surface area contributed by atoms with E-state index in [9.17, 15) is 14.4 Å². The Labute approximate surface area is 169 Å². The number of ether oxygens (including phenoxy) is 1. The number of thioether (sulfide) groups is 1. The van der Waals surface area contributed by atoms with E-state index in [1.807, 2.05) is 0 Å². The van der Waals surface area contributed by atoms with E-state index in [2.05, 4.69) is 5.32 Å². The number of Topliss-reactive ketones (excluding diaryl/α,β-unsaturated/α-hetero) is 1. The molecule has 2 rings (SSSR count). The number of furan rings is 1. The smallest absolute Gasteiger partial charge is 0.339 e. The van der Waals surface area contributed by atoms with Crippen molar-refractivity contribution in [2.75, 3.05) is 6.61 Å². The lowest BCUT2D eigenvalue weighted by molar-refractivity contribution is -0.129. The van der Waals surface area contributed by atoms with Gasteiger partial charge in [0.1, 0.15) is 5.76 Å². The molecular weight excluding hydrogens is 378 g/mol. The molecular formula is C21H25NO5S. The predicted octanol–water partition coefficient (Wildman–Crippen LogP) is 3.85. The fourth-order valence-corrected chi connectivity index (χ4v) is 3.15. The van der Waals surface area contributed by atoms with E-state index in [1.54, 1.807) is 70.4 Å². The lowest BCUT2D eigenvalue weighted by Crippen LogP contribution is -2.30. The minimum absolute atomic E-state index is 0.156. The highest BCUT2D eigenvalue weighted by Gasteiger charge is 2.24. The van der Waals surface area contributed by atoms with E-state index in [0.717, 1.165) is 0 Å². The second-order valence-electron chi connectivity index (χ2n) is 7.30. The van der Waals surface area contributed by atoms with Gasteiger partial charge < -0.3 is 14.5 Å². The minimum Gasteiger partial charge on any atom is -0.467 e. The zero-order valence-corrected chi connectivity index (χ0v) is 17.3. The predicted molar refractivity (Wildman–Crippen MR) is 107 cm³/mol. The minimum atomic E-state index is -0.580. The summed E-state index contributed by atoms with van der Waals surface area (Å²) in [6, 6.07) is 10.4. The third kappa shape index (κ3) is 6.27. The van der Waals surface area contributed by atoms with E-state index < -0.39 is 16.6 Å². The summed E-state index contributed by atoms with van der Waals surface area (Å²) in [4.78, 5) is 37.3. The van der Waals surface area contributed by atoms with Gasteiger partial charge in [-0.15, -0.1) is 11.8 Å². The van der Waals surface area contributed by atoms with E-state index in [1.165, 1.54) is 11.8 Å². The number of hydrogen-bond donors (Lipinski definition) is 1. The number of benzene rings is 1. The molecule has 0 bridgehead atoms. The Morgan fingerprint density at radius 3 is 2.50 bits per heavy atom. The first-order chi connectivity index (χ1) is 13.2. The van der Waals surface area contributed by atoms with Crippen LogP contribution in [0.3, 0.4) is 0 Å². The fraction of sp³-hybridized carbons (Fsp3) is 0.381. The maximum atomic E-state index is 12.4. The average Bonchev–Trinajstić information content (AvgIpc) is 3.17. The zero-order valence-electron chi connectivity index (χ0n) is 16.5. The van der Waals surface area contributed by atoms with Crippen LogP contribution in [0.25, 0.3) is 0 Å². The Morgan fingerprint density at radius 1 is 1.14 bits per heavy atom. The van der Waals surface area contributed by atoms with Crippen LogP contribution in [0, 0.1) is 5.41 Å². The summed E-state index contributed by atoms with van der Waals surface area (Å²) in [5.74, 6) is -0.244. The van der Waals surface area contributed by atoms with Crippen molar-refractivity contribution >= 4 is 29.4 Å². The molecule has 0 aliphatic carbocycles. The Hall–Kier alpha value is -2.54. The standard InChI is InChI=1S/C21H25NO5S/c1-14(19(24)22-12-15-8-7-11-26-15)28-17-10-6-5-9-16(17)20(25)27-13-18(23)21(2,3)4/h5-11,14H,12-13H2,1-4H3,(H,22,24)/t14-/m0/s1. The molecule has 0 aliphatic rings. The van der Waals surface area contributed by atoms with Crippen molar-refractivity contribution in [3.05, 3.63) is 54.0 Å². The third-order valence-corrected chi connectivity index (χ3v) is 5.15. The van der Waals surface area contributed by atoms with Crippen LogP contribution in [0.1, 0.15) is 43.8 Å². The number of ketones is 1. The summed E-state index contributed by atoms with van der Waals surface area (Å²) in [5, 5.41) is 2.37. The van der Waals surface area contributed by atoms with Crippen molar-refractivity contribution in [1.29, 1.82) is 0 Å². The molecule has 0 saturated carbocycles. The van der Waals surface area contributed by atoms with Crippen molar-refractivity contribution in [1.82, 2.24) is 5.32 Å². The van der Waals surface area contributed by atoms with E-state index >= 15 is 0 Å². The van der Waals surface area contributed by atoms with Gasteiger partial charge in [-0.25, -0.2) is 4.79 Å². The van der Waals surface area contributed by atoms with Crippen LogP contribution >= 0.6 is 11.8 Å². The quantitative estimate of drug-likeness (QED) is 0.532. The van der Waals surface area contributed by atoms with Gasteiger partial charge in [0.25, 0.3) is 0 Å². The van der Waals surface area contributed by atoms with Crippen LogP contribution in [-0.2, 0) is 20.9 Å². The fourth-order valence-electron chi connectivity index (χ4n) is 2.14. The first-order valence-electron chi connectivity index (χ1n) is 8.94. The Morgan fingerprint density at radius 2 is 1.86 bits per heavy atom. The highest BCUT2D eigenvalue weighted by molar-refractivity contribution is 8.00. The van der Waals surface area contributed by atoms with Gasteiger partial charge in [0.05, 0.1) is 23.6 Å². The summed E-state index contributed by atoms with van der Waals surface area (Å²) in [5.41, 5.74) is -0.241. The van der Waals surface area contributed by atoms with Crippen LogP contribution < -0.4 is 5.32 Å². The number of carbonyl (C=O) groups excluding carboxylic acids is 3. The van der Waals surface area contributed by atoms with E-state index in [0.29, 0.717) is 22.8 Å². The topological polar surface area (TPSA) is 85.6 Å². The van der Waals surface area contributed by atoms with Crippen molar-refractivity contribution in [2.45, 2.75) is 44.4 Å². The molecule has 0 spiro atoms. The van der Waals surface area contributed by atoms with Crippen LogP contribution in [-0.4, -0.2) is 29.5 Å². The third-order valence-electron chi connectivity index (χ3n) is 3.97. The molecule has 1 atom stereocenters. The normalized spacial score (nSPS) is 12.3. The monoisotopic (exact) mass is 403 g/mol. The Bertz CT molecular complexity index is 824. The SMILES string of the molecule is C[C@H](Sc1ccccc1C(=O)OCC(=O)C(C)(C)C)C(=O)NCc1ccco1. The molecule has 1 aromatic heterocycles. The molecule has 1 N–H and O–H groups in total. The molecule has 0 radical (unpaired) electrons. The molecule has 1 aromatic carbocycles. The van der Waals surface area contributed by atoms with Gasteiger partial charge in [0.15, 0.2) is 12.4 Å². The number of amides is 1. The second-order valence-corrected chi connectivity index (χ2v) is 8.69. The van der Waals surface area contributed by atoms with Crippen LogP contribution in [0.15, 0.2) is 52.0 Å². The van der Waals surface area contributed by atoms with E-state index in [4.69, 9.17) is 9.15 Å². The zero-order chi connectivity index (χ0) is 20.7. The number of rotatable bonds is 8. The molecule has 0 unspecified atom stereocenters. The van der Waals surface area contributed by atoms with Gasteiger partial charge >= 0.3 is 5.97 Å². The van der Waals surface area contributed by atoms with Gasteiger partial charge in [-0.3, -0.25) is 9.59 Å². The lowest BCUT2D eigenvalue weighted by atomic mass is 9.91. The van der Waals surface area contributed by atoms with Gasteiger partial charge in [-0.1, -0.05) is 32.9 Å². The van der Waals surface area contributed by atoms with Crippen molar-refractivity contribution in [2.24, 2.45) is 5.41 Å². The van der Waals surface area contributed by atoms with Crippen LogP contribution in [0.4, 0.5) is 0 Å². The molecule has 2 aromatic rings. The number of esters is 1. The lowest BCUT2D eigenvalue weighted by Gasteiger charge is -2.17. The maximum Gasteiger partial charge on any atom is 0.339 e. The number of carbonyl (C=O) groups is 3. The average molecular weight is 404 g/mol. The van der Waals surface area contributed by atoms with Crippen molar-refractivity contribution in [3.8, 4) is 0 Å². The van der Waals surface area contributed by atoms with Crippen molar-refractivity contribution in [3.63, 3.8) is 0 Å². The molecule has 1 amide bonds. The van der Waals surface area contributed by atoms with E-state index in [-0.39, 0.29) is 18.3 Å². The summed E-state index contributed by atoms with van der Waals surface area (Å²) in [6.45, 7) is 7.10. The van der Waals surface area contributed by atoms with Gasteiger partial charge in [-0.2, -0.15) is 0 Å². The van der Waals surface area contributed by atoms with Gasteiger partial charge in [0.2, 0.25) is 5.91 Å². The Kier molecular flexibility index (Phi) is 7.45. The second kappa shape index (κ2) is 9.59.